The van der Waals surface area contributed by atoms with Crippen molar-refractivity contribution in [2.75, 3.05) is 6.54 Å². The van der Waals surface area contributed by atoms with Crippen molar-refractivity contribution < 1.29 is 4.42 Å². The summed E-state index contributed by atoms with van der Waals surface area (Å²) in [6.07, 6.45) is 4.60. The molecule has 0 aliphatic carbocycles. The van der Waals surface area contributed by atoms with Gasteiger partial charge in [-0.25, -0.2) is 0 Å². The van der Waals surface area contributed by atoms with Gasteiger partial charge in [0.05, 0.1) is 0 Å². The standard InChI is InChI=1S/C11H16ClNO/c1-2-11(6-3-7-13-11)8-9-4-5-10(12)14-9/h4-5,13H,2-3,6-8H2,1H3. The lowest BCUT2D eigenvalue weighted by Gasteiger charge is -2.26. The molecule has 1 aromatic heterocycles. The first-order valence-corrected chi connectivity index (χ1v) is 5.61. The van der Waals surface area contributed by atoms with Crippen molar-refractivity contribution in [3.8, 4) is 0 Å². The Morgan fingerprint density at radius 3 is 2.93 bits per heavy atom. The molecule has 2 rings (SSSR count). The molecule has 0 bridgehead atoms. The van der Waals surface area contributed by atoms with Crippen molar-refractivity contribution in [2.45, 2.75) is 38.1 Å². The Labute approximate surface area is 89.6 Å². The topological polar surface area (TPSA) is 25.2 Å². The molecule has 1 atom stereocenters. The zero-order valence-electron chi connectivity index (χ0n) is 8.48. The van der Waals surface area contributed by atoms with E-state index in [9.17, 15) is 0 Å². The van der Waals surface area contributed by atoms with Crippen LogP contribution in [0, 0.1) is 0 Å². The number of rotatable bonds is 3. The quantitative estimate of drug-likeness (QED) is 0.835. The zero-order valence-corrected chi connectivity index (χ0v) is 9.23. The Morgan fingerprint density at radius 2 is 2.43 bits per heavy atom. The Hall–Kier alpha value is -0.470. The van der Waals surface area contributed by atoms with E-state index < -0.39 is 0 Å². The molecule has 1 fully saturated rings. The summed E-state index contributed by atoms with van der Waals surface area (Å²) in [7, 11) is 0. The maximum atomic E-state index is 5.75. The van der Waals surface area contributed by atoms with Crippen LogP contribution in [0.4, 0.5) is 0 Å². The number of hydrogen-bond donors (Lipinski definition) is 1. The van der Waals surface area contributed by atoms with Crippen LogP contribution in [-0.4, -0.2) is 12.1 Å². The number of hydrogen-bond acceptors (Lipinski definition) is 2. The Kier molecular flexibility index (Phi) is 2.84. The Balaban J connectivity index is 2.08. The van der Waals surface area contributed by atoms with E-state index in [1.807, 2.05) is 12.1 Å². The van der Waals surface area contributed by atoms with Gasteiger partial charge in [0.25, 0.3) is 0 Å². The van der Waals surface area contributed by atoms with E-state index in [4.69, 9.17) is 16.0 Å². The third kappa shape index (κ3) is 1.96. The lowest BCUT2D eigenvalue weighted by molar-refractivity contribution is 0.330. The summed E-state index contributed by atoms with van der Waals surface area (Å²) in [5.74, 6) is 0.992. The van der Waals surface area contributed by atoms with Crippen LogP contribution in [-0.2, 0) is 6.42 Å². The smallest absolute Gasteiger partial charge is 0.193 e. The van der Waals surface area contributed by atoms with Crippen LogP contribution < -0.4 is 5.32 Å². The first-order chi connectivity index (χ1) is 6.74. The third-order valence-corrected chi connectivity index (χ3v) is 3.35. The summed E-state index contributed by atoms with van der Waals surface area (Å²) in [6.45, 7) is 3.35. The summed E-state index contributed by atoms with van der Waals surface area (Å²) >= 11 is 5.75. The maximum Gasteiger partial charge on any atom is 0.193 e. The van der Waals surface area contributed by atoms with Crippen LogP contribution in [0.15, 0.2) is 16.5 Å². The van der Waals surface area contributed by atoms with Crippen LogP contribution in [0.1, 0.15) is 31.9 Å². The Morgan fingerprint density at radius 1 is 1.57 bits per heavy atom. The predicted molar refractivity (Wildman–Crippen MR) is 57.7 cm³/mol. The molecular weight excluding hydrogens is 198 g/mol. The monoisotopic (exact) mass is 213 g/mol. The van der Waals surface area contributed by atoms with E-state index in [1.54, 1.807) is 0 Å². The Bertz CT molecular complexity index is 302. The normalized spacial score (nSPS) is 27.0. The van der Waals surface area contributed by atoms with Crippen molar-refractivity contribution in [3.63, 3.8) is 0 Å². The van der Waals surface area contributed by atoms with E-state index in [0.717, 1.165) is 25.1 Å². The largest absolute Gasteiger partial charge is 0.450 e. The molecule has 1 aromatic rings. The SMILES string of the molecule is CCC1(Cc2ccc(Cl)o2)CCCN1. The number of furan rings is 1. The molecule has 2 heterocycles. The zero-order chi connectivity index (χ0) is 10.0. The van der Waals surface area contributed by atoms with Gasteiger partial charge in [0.15, 0.2) is 5.22 Å². The highest BCUT2D eigenvalue weighted by Gasteiger charge is 2.32. The molecular formula is C11H16ClNO. The van der Waals surface area contributed by atoms with Gasteiger partial charge in [0.1, 0.15) is 5.76 Å². The van der Waals surface area contributed by atoms with Gasteiger partial charge in [-0.1, -0.05) is 6.92 Å². The van der Waals surface area contributed by atoms with Gasteiger partial charge < -0.3 is 9.73 Å². The molecule has 1 aliphatic heterocycles. The highest BCUT2D eigenvalue weighted by molar-refractivity contribution is 6.28. The van der Waals surface area contributed by atoms with Gasteiger partial charge in [-0.05, 0) is 49.5 Å². The molecule has 2 nitrogen and oxygen atoms in total. The second-order valence-electron chi connectivity index (χ2n) is 4.05. The summed E-state index contributed by atoms with van der Waals surface area (Å²) in [4.78, 5) is 0. The van der Waals surface area contributed by atoms with Crippen molar-refractivity contribution in [2.24, 2.45) is 0 Å². The fourth-order valence-electron chi connectivity index (χ4n) is 2.23. The molecule has 0 aromatic carbocycles. The average molecular weight is 214 g/mol. The van der Waals surface area contributed by atoms with Gasteiger partial charge in [0, 0.05) is 12.0 Å². The van der Waals surface area contributed by atoms with Crippen molar-refractivity contribution in [1.82, 2.24) is 5.32 Å². The van der Waals surface area contributed by atoms with Crippen molar-refractivity contribution in [1.29, 1.82) is 0 Å². The fraction of sp³-hybridized carbons (Fsp3) is 0.636. The second-order valence-corrected chi connectivity index (χ2v) is 4.42. The minimum Gasteiger partial charge on any atom is -0.450 e. The minimum absolute atomic E-state index is 0.251. The molecule has 0 radical (unpaired) electrons. The first-order valence-electron chi connectivity index (χ1n) is 5.23. The predicted octanol–water partition coefficient (Wildman–Crippen LogP) is 3.01. The maximum absolute atomic E-state index is 5.75. The molecule has 78 valence electrons. The molecule has 0 saturated carbocycles. The first kappa shape index (κ1) is 10.1. The molecule has 0 spiro atoms. The highest BCUT2D eigenvalue weighted by atomic mass is 35.5. The highest BCUT2D eigenvalue weighted by Crippen LogP contribution is 2.28. The van der Waals surface area contributed by atoms with Crippen LogP contribution >= 0.6 is 11.6 Å². The summed E-state index contributed by atoms with van der Waals surface area (Å²) in [6, 6.07) is 3.79. The van der Waals surface area contributed by atoms with Crippen molar-refractivity contribution in [3.05, 3.63) is 23.1 Å². The lowest BCUT2D eigenvalue weighted by atomic mass is 9.89. The summed E-state index contributed by atoms with van der Waals surface area (Å²) < 4.78 is 5.40. The molecule has 14 heavy (non-hydrogen) atoms. The van der Waals surface area contributed by atoms with E-state index in [0.29, 0.717) is 5.22 Å². The van der Waals surface area contributed by atoms with Crippen LogP contribution in [0.5, 0.6) is 0 Å². The number of halogens is 1. The van der Waals surface area contributed by atoms with E-state index in [2.05, 4.69) is 12.2 Å². The molecule has 1 N–H and O–H groups in total. The second kappa shape index (κ2) is 3.95. The molecule has 1 unspecified atom stereocenters. The van der Waals surface area contributed by atoms with Gasteiger partial charge in [0.2, 0.25) is 0 Å². The lowest BCUT2D eigenvalue weighted by Crippen LogP contribution is -2.41. The van der Waals surface area contributed by atoms with Gasteiger partial charge in [-0.3, -0.25) is 0 Å². The molecule has 0 amide bonds. The van der Waals surface area contributed by atoms with E-state index >= 15 is 0 Å². The van der Waals surface area contributed by atoms with E-state index in [1.165, 1.54) is 12.8 Å². The third-order valence-electron chi connectivity index (χ3n) is 3.15. The number of nitrogens with one attached hydrogen (secondary N) is 1. The minimum atomic E-state index is 0.251. The molecule has 1 aliphatic rings. The summed E-state index contributed by atoms with van der Waals surface area (Å²) in [5.41, 5.74) is 0.251. The van der Waals surface area contributed by atoms with Gasteiger partial charge in [-0.15, -0.1) is 0 Å². The average Bonchev–Trinajstić information content (AvgIpc) is 2.77. The van der Waals surface area contributed by atoms with E-state index in [-0.39, 0.29) is 5.54 Å². The van der Waals surface area contributed by atoms with Gasteiger partial charge in [-0.2, -0.15) is 0 Å². The molecule has 3 heteroatoms. The van der Waals surface area contributed by atoms with Crippen molar-refractivity contribution >= 4 is 11.6 Å². The summed E-state index contributed by atoms with van der Waals surface area (Å²) in [5, 5.41) is 4.06. The molecule has 1 saturated heterocycles. The van der Waals surface area contributed by atoms with Crippen LogP contribution in [0.2, 0.25) is 5.22 Å². The van der Waals surface area contributed by atoms with Crippen LogP contribution in [0.3, 0.4) is 0 Å². The fourth-order valence-corrected chi connectivity index (χ4v) is 2.39. The van der Waals surface area contributed by atoms with Gasteiger partial charge >= 0.3 is 0 Å². The van der Waals surface area contributed by atoms with Crippen LogP contribution in [0.25, 0.3) is 0 Å².